The second kappa shape index (κ2) is 5.99. The molecule has 1 N–H and O–H groups in total. The maximum atomic E-state index is 11.8. The largest absolute Gasteiger partial charge is 0.330 e. The van der Waals surface area contributed by atoms with Crippen LogP contribution in [0, 0.1) is 6.92 Å². The van der Waals surface area contributed by atoms with Gasteiger partial charge in [0.05, 0.1) is 0 Å². The first-order valence-electron chi connectivity index (χ1n) is 6.10. The van der Waals surface area contributed by atoms with E-state index in [1.54, 1.807) is 18.4 Å². The van der Waals surface area contributed by atoms with E-state index in [0.29, 0.717) is 13.1 Å². The molecule has 102 valence electrons. The molecular formula is C13H17N3O2S. The minimum absolute atomic E-state index is 0.253. The van der Waals surface area contributed by atoms with Crippen molar-refractivity contribution in [1.82, 2.24) is 14.5 Å². The Morgan fingerprint density at radius 3 is 2.74 bits per heavy atom. The van der Waals surface area contributed by atoms with E-state index in [0.717, 1.165) is 6.54 Å². The van der Waals surface area contributed by atoms with Crippen molar-refractivity contribution in [1.29, 1.82) is 0 Å². The van der Waals surface area contributed by atoms with E-state index in [9.17, 15) is 9.59 Å². The summed E-state index contributed by atoms with van der Waals surface area (Å²) < 4.78 is 2.65. The maximum Gasteiger partial charge on any atom is 0.330 e. The molecule has 2 aromatic rings. The molecule has 6 heteroatoms. The fourth-order valence-electron chi connectivity index (χ4n) is 1.80. The lowest BCUT2D eigenvalue weighted by atomic mass is 10.4. The van der Waals surface area contributed by atoms with Gasteiger partial charge in [-0.3, -0.25) is 9.36 Å². The first-order chi connectivity index (χ1) is 9.08. The zero-order chi connectivity index (χ0) is 13.8. The SMILES string of the molecule is Cc1ccc(CNCCn2c(=O)ccn(C)c2=O)s1. The van der Waals surface area contributed by atoms with Crippen LogP contribution < -0.4 is 16.6 Å². The fraction of sp³-hybridized carbons (Fsp3) is 0.385. The molecule has 0 aliphatic rings. The summed E-state index contributed by atoms with van der Waals surface area (Å²) in [5, 5.41) is 3.24. The number of hydrogen-bond donors (Lipinski definition) is 1. The molecule has 0 amide bonds. The Hall–Kier alpha value is -1.66. The van der Waals surface area contributed by atoms with Gasteiger partial charge in [0.25, 0.3) is 5.56 Å². The van der Waals surface area contributed by atoms with Crippen LogP contribution in [0.25, 0.3) is 0 Å². The number of hydrogen-bond acceptors (Lipinski definition) is 4. The Morgan fingerprint density at radius 1 is 1.26 bits per heavy atom. The molecule has 0 unspecified atom stereocenters. The number of rotatable bonds is 5. The second-order valence-corrected chi connectivity index (χ2v) is 5.76. The van der Waals surface area contributed by atoms with Crippen molar-refractivity contribution in [2.75, 3.05) is 6.54 Å². The predicted molar refractivity (Wildman–Crippen MR) is 76.7 cm³/mol. The topological polar surface area (TPSA) is 56.0 Å². The number of nitrogens with zero attached hydrogens (tertiary/aromatic N) is 2. The minimum atomic E-state index is -0.277. The highest BCUT2D eigenvalue weighted by atomic mass is 32.1. The van der Waals surface area contributed by atoms with Crippen LogP contribution in [0.5, 0.6) is 0 Å². The van der Waals surface area contributed by atoms with Gasteiger partial charge in [-0.15, -0.1) is 11.3 Å². The second-order valence-electron chi connectivity index (χ2n) is 4.39. The zero-order valence-corrected chi connectivity index (χ0v) is 11.9. The molecule has 2 heterocycles. The van der Waals surface area contributed by atoms with Gasteiger partial charge in [0, 0.05) is 48.7 Å². The molecule has 0 saturated heterocycles. The Balaban J connectivity index is 1.91. The molecule has 0 atom stereocenters. The van der Waals surface area contributed by atoms with Crippen LogP contribution in [-0.4, -0.2) is 15.7 Å². The third-order valence-corrected chi connectivity index (χ3v) is 3.85. The number of aromatic nitrogens is 2. The van der Waals surface area contributed by atoms with Gasteiger partial charge in [-0.1, -0.05) is 0 Å². The summed E-state index contributed by atoms with van der Waals surface area (Å²) in [6.07, 6.45) is 1.49. The molecule has 2 aromatic heterocycles. The first kappa shape index (κ1) is 13.8. The van der Waals surface area contributed by atoms with Gasteiger partial charge < -0.3 is 9.88 Å². The quantitative estimate of drug-likeness (QED) is 0.820. The number of nitrogens with one attached hydrogen (secondary N) is 1. The summed E-state index contributed by atoms with van der Waals surface area (Å²) in [5.41, 5.74) is -0.530. The van der Waals surface area contributed by atoms with Gasteiger partial charge in [0.2, 0.25) is 0 Å². The molecule has 0 aliphatic carbocycles. The van der Waals surface area contributed by atoms with Crippen LogP contribution in [0.2, 0.25) is 0 Å². The van der Waals surface area contributed by atoms with Crippen LogP contribution >= 0.6 is 11.3 Å². The van der Waals surface area contributed by atoms with Gasteiger partial charge in [0.15, 0.2) is 0 Å². The molecule has 0 aromatic carbocycles. The van der Waals surface area contributed by atoms with Crippen molar-refractivity contribution in [2.24, 2.45) is 7.05 Å². The zero-order valence-electron chi connectivity index (χ0n) is 11.0. The monoisotopic (exact) mass is 279 g/mol. The Labute approximate surface area is 115 Å². The number of thiophene rings is 1. The van der Waals surface area contributed by atoms with E-state index >= 15 is 0 Å². The van der Waals surface area contributed by atoms with Crippen LogP contribution in [0.3, 0.4) is 0 Å². The van der Waals surface area contributed by atoms with Gasteiger partial charge in [-0.05, 0) is 19.1 Å². The normalized spacial score (nSPS) is 10.8. The van der Waals surface area contributed by atoms with Crippen LogP contribution in [-0.2, 0) is 20.1 Å². The average molecular weight is 279 g/mol. The average Bonchev–Trinajstić information content (AvgIpc) is 2.79. The lowest BCUT2D eigenvalue weighted by molar-refractivity contribution is 0.546. The highest BCUT2D eigenvalue weighted by Gasteiger charge is 2.02. The molecule has 0 bridgehead atoms. The summed E-state index contributed by atoms with van der Waals surface area (Å²) in [5.74, 6) is 0. The van der Waals surface area contributed by atoms with Crippen LogP contribution in [0.15, 0.2) is 34.0 Å². The highest BCUT2D eigenvalue weighted by molar-refractivity contribution is 7.11. The molecule has 0 spiro atoms. The number of aryl methyl sites for hydroxylation is 2. The Kier molecular flexibility index (Phi) is 4.34. The lowest BCUT2D eigenvalue weighted by Crippen LogP contribution is -2.40. The van der Waals surface area contributed by atoms with E-state index in [1.807, 2.05) is 0 Å². The molecular weight excluding hydrogens is 262 g/mol. The molecule has 0 saturated carbocycles. The smallest absolute Gasteiger partial charge is 0.310 e. The molecule has 0 aliphatic heterocycles. The van der Waals surface area contributed by atoms with E-state index in [1.165, 1.54) is 31.2 Å². The van der Waals surface area contributed by atoms with Crippen LogP contribution in [0.1, 0.15) is 9.75 Å². The Bertz CT molecular complexity index is 669. The summed E-state index contributed by atoms with van der Waals surface area (Å²) >= 11 is 1.75. The van der Waals surface area contributed by atoms with Crippen molar-refractivity contribution in [3.63, 3.8) is 0 Å². The van der Waals surface area contributed by atoms with Crippen molar-refractivity contribution < 1.29 is 0 Å². The van der Waals surface area contributed by atoms with E-state index in [4.69, 9.17) is 0 Å². The summed E-state index contributed by atoms with van der Waals surface area (Å²) in [7, 11) is 1.64. The summed E-state index contributed by atoms with van der Waals surface area (Å²) in [6.45, 7) is 3.81. The molecule has 0 radical (unpaired) electrons. The van der Waals surface area contributed by atoms with Gasteiger partial charge in [-0.25, -0.2) is 4.79 Å². The van der Waals surface area contributed by atoms with Gasteiger partial charge in [-0.2, -0.15) is 0 Å². The molecule has 19 heavy (non-hydrogen) atoms. The molecule has 0 fully saturated rings. The standard InChI is InChI=1S/C13H17N3O2S/c1-10-3-4-11(19-10)9-14-6-8-16-12(17)5-7-15(2)13(16)18/h3-5,7,14H,6,8-9H2,1-2H3. The van der Waals surface area contributed by atoms with Crippen molar-refractivity contribution in [2.45, 2.75) is 20.0 Å². The van der Waals surface area contributed by atoms with E-state index < -0.39 is 0 Å². The predicted octanol–water partition coefficient (Wildman–Crippen LogP) is 0.707. The first-order valence-corrected chi connectivity index (χ1v) is 6.92. The van der Waals surface area contributed by atoms with Crippen molar-refractivity contribution in [3.8, 4) is 0 Å². The highest BCUT2D eigenvalue weighted by Crippen LogP contribution is 2.14. The van der Waals surface area contributed by atoms with Gasteiger partial charge in [0.1, 0.15) is 0 Å². The van der Waals surface area contributed by atoms with Crippen molar-refractivity contribution in [3.05, 3.63) is 55.0 Å². The van der Waals surface area contributed by atoms with Crippen molar-refractivity contribution >= 4 is 11.3 Å². The van der Waals surface area contributed by atoms with Gasteiger partial charge >= 0.3 is 5.69 Å². The third-order valence-electron chi connectivity index (χ3n) is 2.85. The minimum Gasteiger partial charge on any atom is -0.310 e. The summed E-state index contributed by atoms with van der Waals surface area (Å²) in [4.78, 5) is 25.9. The lowest BCUT2D eigenvalue weighted by Gasteiger charge is -2.07. The molecule has 2 rings (SSSR count). The van der Waals surface area contributed by atoms with Crippen LogP contribution in [0.4, 0.5) is 0 Å². The summed E-state index contributed by atoms with van der Waals surface area (Å²) in [6, 6.07) is 5.57. The van der Waals surface area contributed by atoms with E-state index in [2.05, 4.69) is 24.4 Å². The Morgan fingerprint density at radius 2 is 2.05 bits per heavy atom. The fourth-order valence-corrected chi connectivity index (χ4v) is 2.66. The maximum absolute atomic E-state index is 11.8. The van der Waals surface area contributed by atoms with E-state index in [-0.39, 0.29) is 11.2 Å². The molecule has 5 nitrogen and oxygen atoms in total. The third kappa shape index (κ3) is 3.42.